The minimum absolute atomic E-state index is 0.124. The first-order valence-corrected chi connectivity index (χ1v) is 10.6. The highest BCUT2D eigenvalue weighted by Gasteiger charge is 2.08. The number of unbranched alkanes of at least 4 members (excludes halogenated alkanes) is 16. The van der Waals surface area contributed by atoms with E-state index < -0.39 is 0 Å². The molecule has 0 fully saturated rings. The van der Waals surface area contributed by atoms with E-state index in [9.17, 15) is 5.21 Å². The molecule has 0 rings (SSSR count). The summed E-state index contributed by atoms with van der Waals surface area (Å²) in [6, 6.07) is 0. The molecule has 23 heavy (non-hydrogen) atoms. The van der Waals surface area contributed by atoms with Crippen molar-refractivity contribution < 1.29 is 9.85 Å². The summed E-state index contributed by atoms with van der Waals surface area (Å²) in [5, 5.41) is 9.58. The third kappa shape index (κ3) is 21.9. The first-order valence-electron chi connectivity index (χ1n) is 10.6. The van der Waals surface area contributed by atoms with Gasteiger partial charge in [-0.15, -0.1) is 0 Å². The molecule has 0 saturated heterocycles. The van der Waals surface area contributed by atoms with E-state index >= 15 is 0 Å². The van der Waals surface area contributed by atoms with Crippen molar-refractivity contribution in [1.29, 1.82) is 0 Å². The molecule has 0 aliphatic carbocycles. The molecular weight excluding hydrogens is 282 g/mol. The number of rotatable bonds is 18. The van der Waals surface area contributed by atoms with Gasteiger partial charge in [-0.25, -0.2) is 5.21 Å². The van der Waals surface area contributed by atoms with E-state index in [1.807, 2.05) is 14.1 Å². The lowest BCUT2D eigenvalue weighted by molar-refractivity contribution is -1.07. The summed E-state index contributed by atoms with van der Waals surface area (Å²) in [5.74, 6) is 0. The Morgan fingerprint density at radius 3 is 1.00 bits per heavy atom. The fraction of sp³-hybridized carbons (Fsp3) is 1.00. The number of hydrogen-bond donors (Lipinski definition) is 1. The molecule has 0 aliphatic heterocycles. The molecule has 0 radical (unpaired) electrons. The molecule has 0 atom stereocenters. The second-order valence-corrected chi connectivity index (χ2v) is 8.00. The summed E-state index contributed by atoms with van der Waals surface area (Å²) in [4.78, 5) is 0. The van der Waals surface area contributed by atoms with Crippen molar-refractivity contribution in [2.45, 2.75) is 116 Å². The Bertz CT molecular complexity index is 222. The largest absolute Gasteiger partial charge is 0.217 e. The van der Waals surface area contributed by atoms with Gasteiger partial charge in [-0.2, -0.15) is 4.65 Å². The predicted molar refractivity (Wildman–Crippen MR) is 103 cm³/mol. The van der Waals surface area contributed by atoms with Gasteiger partial charge in [-0.05, 0) is 12.8 Å². The van der Waals surface area contributed by atoms with Gasteiger partial charge in [0.1, 0.15) is 6.54 Å². The number of quaternary nitrogens is 1. The molecule has 0 amide bonds. The highest BCUT2D eigenvalue weighted by molar-refractivity contribution is 4.50. The van der Waals surface area contributed by atoms with Crippen molar-refractivity contribution in [3.8, 4) is 0 Å². The van der Waals surface area contributed by atoms with Gasteiger partial charge in [0.2, 0.25) is 0 Å². The van der Waals surface area contributed by atoms with Crippen LogP contribution >= 0.6 is 0 Å². The third-order valence-electron chi connectivity index (χ3n) is 4.81. The monoisotopic (exact) mass is 328 g/mol. The first-order chi connectivity index (χ1) is 11.1. The summed E-state index contributed by atoms with van der Waals surface area (Å²) in [6.45, 7) is 3.18. The van der Waals surface area contributed by atoms with E-state index in [0.29, 0.717) is 0 Å². The quantitative estimate of drug-likeness (QED) is 0.161. The van der Waals surface area contributed by atoms with Crippen LogP contribution in [0.25, 0.3) is 0 Å². The summed E-state index contributed by atoms with van der Waals surface area (Å²) in [5.41, 5.74) is 0. The average Bonchev–Trinajstić information content (AvgIpc) is 2.49. The second-order valence-electron chi connectivity index (χ2n) is 8.00. The van der Waals surface area contributed by atoms with Gasteiger partial charge >= 0.3 is 0 Å². The van der Waals surface area contributed by atoms with Crippen molar-refractivity contribution in [2.24, 2.45) is 0 Å². The molecule has 140 valence electrons. The zero-order valence-corrected chi connectivity index (χ0v) is 16.6. The van der Waals surface area contributed by atoms with E-state index in [2.05, 4.69) is 6.92 Å². The molecule has 2 heteroatoms. The summed E-state index contributed by atoms with van der Waals surface area (Å²) in [6.07, 6.45) is 23.9. The van der Waals surface area contributed by atoms with Gasteiger partial charge in [0.15, 0.2) is 0 Å². The van der Waals surface area contributed by atoms with Crippen molar-refractivity contribution >= 4 is 0 Å². The Kier molecular flexibility index (Phi) is 16.7. The molecule has 0 spiro atoms. The van der Waals surface area contributed by atoms with Crippen LogP contribution in [0.2, 0.25) is 0 Å². The maximum atomic E-state index is 9.58. The Hall–Kier alpha value is -0.0800. The summed E-state index contributed by atoms with van der Waals surface area (Å²) < 4.78 is 0.124. The molecular formula is C21H46NO+. The van der Waals surface area contributed by atoms with Gasteiger partial charge < -0.3 is 0 Å². The van der Waals surface area contributed by atoms with Crippen molar-refractivity contribution in [3.05, 3.63) is 0 Å². The van der Waals surface area contributed by atoms with Crippen LogP contribution in [0.15, 0.2) is 0 Å². The van der Waals surface area contributed by atoms with Crippen LogP contribution in [0.4, 0.5) is 0 Å². The molecule has 0 bridgehead atoms. The van der Waals surface area contributed by atoms with Crippen LogP contribution in [-0.4, -0.2) is 30.5 Å². The zero-order valence-electron chi connectivity index (χ0n) is 16.6. The number of hydrogen-bond acceptors (Lipinski definition) is 1. The fourth-order valence-corrected chi connectivity index (χ4v) is 3.22. The fourth-order valence-electron chi connectivity index (χ4n) is 3.22. The van der Waals surface area contributed by atoms with Crippen LogP contribution in [0, 0.1) is 0 Å². The van der Waals surface area contributed by atoms with E-state index in [-0.39, 0.29) is 4.65 Å². The molecule has 0 saturated carbocycles. The third-order valence-corrected chi connectivity index (χ3v) is 4.81. The van der Waals surface area contributed by atoms with Crippen LogP contribution < -0.4 is 0 Å². The van der Waals surface area contributed by atoms with E-state index in [1.54, 1.807) is 0 Å². The lowest BCUT2D eigenvalue weighted by Gasteiger charge is -2.18. The van der Waals surface area contributed by atoms with Gasteiger partial charge in [-0.1, -0.05) is 103 Å². The maximum absolute atomic E-state index is 9.58. The van der Waals surface area contributed by atoms with E-state index in [0.717, 1.165) is 13.0 Å². The Morgan fingerprint density at radius 2 is 0.739 bits per heavy atom. The van der Waals surface area contributed by atoms with Crippen LogP contribution in [0.1, 0.15) is 116 Å². The smallest absolute Gasteiger partial charge is 0.108 e. The Balaban J connectivity index is 3.00. The first kappa shape index (κ1) is 22.9. The summed E-state index contributed by atoms with van der Waals surface area (Å²) >= 11 is 0. The van der Waals surface area contributed by atoms with Crippen molar-refractivity contribution in [3.63, 3.8) is 0 Å². The molecule has 0 aliphatic rings. The topological polar surface area (TPSA) is 20.2 Å². The molecule has 0 aromatic carbocycles. The SMILES string of the molecule is CCCCCCCCCCCCCCCCCCC[N+](C)(C)O. The van der Waals surface area contributed by atoms with E-state index in [4.69, 9.17) is 0 Å². The number of hydroxylamine groups is 3. The van der Waals surface area contributed by atoms with Crippen molar-refractivity contribution in [1.82, 2.24) is 0 Å². The maximum Gasteiger partial charge on any atom is 0.108 e. The average molecular weight is 329 g/mol. The van der Waals surface area contributed by atoms with Gasteiger partial charge in [0.25, 0.3) is 0 Å². The minimum Gasteiger partial charge on any atom is -0.217 e. The second kappa shape index (κ2) is 16.8. The molecule has 0 aromatic heterocycles. The van der Waals surface area contributed by atoms with Gasteiger partial charge in [0.05, 0.1) is 14.1 Å². The number of nitrogens with zero attached hydrogens (tertiary/aromatic N) is 1. The van der Waals surface area contributed by atoms with Gasteiger partial charge in [0, 0.05) is 0 Å². The van der Waals surface area contributed by atoms with Crippen molar-refractivity contribution in [2.75, 3.05) is 20.6 Å². The normalized spacial score (nSPS) is 12.0. The molecule has 2 nitrogen and oxygen atoms in total. The molecule has 0 unspecified atom stereocenters. The lowest BCUT2D eigenvalue weighted by Crippen LogP contribution is -2.36. The molecule has 0 heterocycles. The molecule has 1 N–H and O–H groups in total. The van der Waals surface area contributed by atoms with E-state index in [1.165, 1.54) is 103 Å². The zero-order chi connectivity index (χ0) is 17.2. The molecule has 0 aromatic rings. The highest BCUT2D eigenvalue weighted by atomic mass is 16.5. The highest BCUT2D eigenvalue weighted by Crippen LogP contribution is 2.14. The Labute approximate surface area is 147 Å². The van der Waals surface area contributed by atoms with Crippen LogP contribution in [0.3, 0.4) is 0 Å². The Morgan fingerprint density at radius 1 is 0.478 bits per heavy atom. The summed E-state index contributed by atoms with van der Waals surface area (Å²) in [7, 11) is 3.71. The van der Waals surface area contributed by atoms with Gasteiger partial charge in [-0.3, -0.25) is 0 Å². The minimum atomic E-state index is 0.124. The standard InChI is InChI=1S/C21H46NO/c1-4-5-6-7-8-9-10-11-12-13-14-15-16-17-18-19-20-21-22(2,3)23/h23H,4-21H2,1-3H3/q+1. The predicted octanol–water partition coefficient (Wildman–Crippen LogP) is 7.10. The lowest BCUT2D eigenvalue weighted by atomic mass is 10.0. The van der Waals surface area contributed by atoms with Crippen LogP contribution in [-0.2, 0) is 0 Å². The van der Waals surface area contributed by atoms with Crippen LogP contribution in [0.5, 0.6) is 0 Å².